The van der Waals surface area contributed by atoms with Crippen LogP contribution in [0.2, 0.25) is 0 Å². The van der Waals surface area contributed by atoms with Crippen molar-refractivity contribution in [3.8, 4) is 0 Å². The molecule has 0 spiro atoms. The first-order valence-corrected chi connectivity index (χ1v) is 4.90. The lowest BCUT2D eigenvalue weighted by Crippen LogP contribution is -2.16. The van der Waals surface area contributed by atoms with Gasteiger partial charge < -0.3 is 10.3 Å². The molecule has 0 amide bonds. The molecular formula is C10H19N3. The van der Waals surface area contributed by atoms with Crippen LogP contribution in [0.1, 0.15) is 38.9 Å². The molecular weight excluding hydrogens is 162 g/mol. The number of nitrogens with two attached hydrogens (primary N) is 1. The first-order chi connectivity index (χ1) is 6.15. The Kier molecular flexibility index (Phi) is 3.48. The number of rotatable bonds is 4. The van der Waals surface area contributed by atoms with E-state index in [1.165, 1.54) is 0 Å². The van der Waals surface area contributed by atoms with Gasteiger partial charge in [0.15, 0.2) is 0 Å². The molecule has 0 saturated heterocycles. The van der Waals surface area contributed by atoms with Crippen LogP contribution in [0.25, 0.3) is 0 Å². The maximum atomic E-state index is 5.95. The van der Waals surface area contributed by atoms with E-state index in [0.717, 1.165) is 18.7 Å². The van der Waals surface area contributed by atoms with Crippen molar-refractivity contribution in [2.24, 2.45) is 11.7 Å². The summed E-state index contributed by atoms with van der Waals surface area (Å²) in [6, 6.07) is 0.126. The second-order valence-electron chi connectivity index (χ2n) is 3.88. The van der Waals surface area contributed by atoms with Crippen LogP contribution < -0.4 is 5.73 Å². The summed E-state index contributed by atoms with van der Waals surface area (Å²) in [6.45, 7) is 7.49. The van der Waals surface area contributed by atoms with Crippen LogP contribution in [0, 0.1) is 5.92 Å². The third-order valence-electron chi connectivity index (χ3n) is 2.13. The SMILES string of the molecule is CC[C@@H](N)c1cncn1CC(C)C. The van der Waals surface area contributed by atoms with Gasteiger partial charge >= 0.3 is 0 Å². The first kappa shape index (κ1) is 10.3. The number of nitrogens with zero attached hydrogens (tertiary/aromatic N) is 2. The van der Waals surface area contributed by atoms with Gasteiger partial charge in [0.2, 0.25) is 0 Å². The zero-order valence-corrected chi connectivity index (χ0v) is 8.70. The molecule has 1 rings (SSSR count). The molecule has 74 valence electrons. The molecule has 0 radical (unpaired) electrons. The van der Waals surface area contributed by atoms with E-state index in [4.69, 9.17) is 5.73 Å². The average molecular weight is 181 g/mol. The van der Waals surface area contributed by atoms with E-state index in [0.29, 0.717) is 5.92 Å². The Morgan fingerprint density at radius 1 is 1.54 bits per heavy atom. The van der Waals surface area contributed by atoms with Gasteiger partial charge in [0, 0.05) is 18.8 Å². The fraction of sp³-hybridized carbons (Fsp3) is 0.700. The fourth-order valence-corrected chi connectivity index (χ4v) is 1.39. The van der Waals surface area contributed by atoms with Crippen molar-refractivity contribution >= 4 is 0 Å². The molecule has 1 atom stereocenters. The predicted molar refractivity (Wildman–Crippen MR) is 54.3 cm³/mol. The Morgan fingerprint density at radius 2 is 2.23 bits per heavy atom. The minimum Gasteiger partial charge on any atom is -0.333 e. The van der Waals surface area contributed by atoms with Crippen LogP contribution in [0.4, 0.5) is 0 Å². The smallest absolute Gasteiger partial charge is 0.0948 e. The summed E-state index contributed by atoms with van der Waals surface area (Å²) in [5, 5.41) is 0. The van der Waals surface area contributed by atoms with Crippen LogP contribution in [-0.4, -0.2) is 9.55 Å². The van der Waals surface area contributed by atoms with Crippen LogP contribution in [0.15, 0.2) is 12.5 Å². The molecule has 0 saturated carbocycles. The number of hydrogen-bond acceptors (Lipinski definition) is 2. The molecule has 3 nitrogen and oxygen atoms in total. The third kappa shape index (κ3) is 2.56. The lowest BCUT2D eigenvalue weighted by molar-refractivity contribution is 0.491. The molecule has 0 aliphatic rings. The molecule has 2 N–H and O–H groups in total. The van der Waals surface area contributed by atoms with Gasteiger partial charge in [-0.3, -0.25) is 0 Å². The Hall–Kier alpha value is -0.830. The minimum absolute atomic E-state index is 0.126. The summed E-state index contributed by atoms with van der Waals surface area (Å²) in [5.74, 6) is 0.636. The summed E-state index contributed by atoms with van der Waals surface area (Å²) < 4.78 is 2.15. The lowest BCUT2D eigenvalue weighted by Gasteiger charge is -2.14. The van der Waals surface area contributed by atoms with Crippen molar-refractivity contribution in [2.75, 3.05) is 0 Å². The summed E-state index contributed by atoms with van der Waals surface area (Å²) in [6.07, 6.45) is 4.70. The van der Waals surface area contributed by atoms with Crippen molar-refractivity contribution < 1.29 is 0 Å². The monoisotopic (exact) mass is 181 g/mol. The highest BCUT2D eigenvalue weighted by Crippen LogP contribution is 2.14. The molecule has 13 heavy (non-hydrogen) atoms. The summed E-state index contributed by atoms with van der Waals surface area (Å²) >= 11 is 0. The van der Waals surface area contributed by atoms with E-state index in [9.17, 15) is 0 Å². The molecule has 0 aliphatic heterocycles. The summed E-state index contributed by atoms with van der Waals surface area (Å²) in [4.78, 5) is 4.13. The minimum atomic E-state index is 0.126. The highest BCUT2D eigenvalue weighted by atomic mass is 15.1. The molecule has 0 bridgehead atoms. The van der Waals surface area contributed by atoms with Gasteiger partial charge in [0.25, 0.3) is 0 Å². The highest BCUT2D eigenvalue weighted by molar-refractivity contribution is 5.04. The van der Waals surface area contributed by atoms with Crippen LogP contribution in [-0.2, 0) is 6.54 Å². The van der Waals surface area contributed by atoms with Gasteiger partial charge in [0.05, 0.1) is 12.0 Å². The summed E-state index contributed by atoms with van der Waals surface area (Å²) in [7, 11) is 0. The van der Waals surface area contributed by atoms with Gasteiger partial charge in [-0.05, 0) is 12.3 Å². The first-order valence-electron chi connectivity index (χ1n) is 4.90. The van der Waals surface area contributed by atoms with Crippen LogP contribution >= 0.6 is 0 Å². The molecule has 1 aromatic heterocycles. The molecule has 1 aromatic rings. The second-order valence-corrected chi connectivity index (χ2v) is 3.88. The molecule has 3 heteroatoms. The molecule has 0 aromatic carbocycles. The molecule has 0 fully saturated rings. The van der Waals surface area contributed by atoms with E-state index < -0.39 is 0 Å². The quantitative estimate of drug-likeness (QED) is 0.771. The van der Waals surface area contributed by atoms with E-state index in [-0.39, 0.29) is 6.04 Å². The van der Waals surface area contributed by atoms with Gasteiger partial charge in [-0.25, -0.2) is 4.98 Å². The van der Waals surface area contributed by atoms with Crippen molar-refractivity contribution in [1.29, 1.82) is 0 Å². The topological polar surface area (TPSA) is 43.8 Å². The van der Waals surface area contributed by atoms with Crippen molar-refractivity contribution in [3.63, 3.8) is 0 Å². The summed E-state index contributed by atoms with van der Waals surface area (Å²) in [5.41, 5.74) is 7.10. The predicted octanol–water partition coefficient (Wildman–Crippen LogP) is 1.95. The van der Waals surface area contributed by atoms with E-state index >= 15 is 0 Å². The number of hydrogen-bond donors (Lipinski definition) is 1. The van der Waals surface area contributed by atoms with Crippen LogP contribution in [0.3, 0.4) is 0 Å². The number of imidazole rings is 1. The maximum Gasteiger partial charge on any atom is 0.0948 e. The second kappa shape index (κ2) is 4.42. The van der Waals surface area contributed by atoms with Crippen molar-refractivity contribution in [2.45, 2.75) is 39.8 Å². The van der Waals surface area contributed by atoms with E-state index in [1.54, 1.807) is 0 Å². The highest BCUT2D eigenvalue weighted by Gasteiger charge is 2.09. The molecule has 1 heterocycles. The van der Waals surface area contributed by atoms with Gasteiger partial charge in [-0.15, -0.1) is 0 Å². The molecule has 0 unspecified atom stereocenters. The van der Waals surface area contributed by atoms with Crippen LogP contribution in [0.5, 0.6) is 0 Å². The Bertz CT molecular complexity index is 252. The fourth-order valence-electron chi connectivity index (χ4n) is 1.39. The van der Waals surface area contributed by atoms with E-state index in [2.05, 4.69) is 30.3 Å². The zero-order valence-electron chi connectivity index (χ0n) is 8.70. The normalized spacial score (nSPS) is 13.6. The van der Waals surface area contributed by atoms with Gasteiger partial charge in [-0.2, -0.15) is 0 Å². The van der Waals surface area contributed by atoms with Crippen molar-refractivity contribution in [3.05, 3.63) is 18.2 Å². The average Bonchev–Trinajstić information content (AvgIpc) is 2.50. The van der Waals surface area contributed by atoms with Gasteiger partial charge in [-0.1, -0.05) is 20.8 Å². The number of aromatic nitrogens is 2. The van der Waals surface area contributed by atoms with Crippen molar-refractivity contribution in [1.82, 2.24) is 9.55 Å². The zero-order chi connectivity index (χ0) is 9.84. The Labute approximate surface area is 80.0 Å². The standard InChI is InChI=1S/C10H19N3/c1-4-9(11)10-5-12-7-13(10)6-8(2)3/h5,7-9H,4,6,11H2,1-3H3/t9-/m1/s1. The maximum absolute atomic E-state index is 5.95. The Balaban J connectivity index is 2.76. The lowest BCUT2D eigenvalue weighted by atomic mass is 10.1. The van der Waals surface area contributed by atoms with Gasteiger partial charge in [0.1, 0.15) is 0 Å². The molecule has 0 aliphatic carbocycles. The van der Waals surface area contributed by atoms with E-state index in [1.807, 2.05) is 12.5 Å². The Morgan fingerprint density at radius 3 is 2.77 bits per heavy atom. The third-order valence-corrected chi connectivity index (χ3v) is 2.13. The largest absolute Gasteiger partial charge is 0.333 e.